The average Bonchev–Trinajstić information content (AvgIpc) is 2.60. The molecule has 0 heterocycles. The first-order valence-corrected chi connectivity index (χ1v) is 8.29. The van der Waals surface area contributed by atoms with E-state index >= 15 is 0 Å². The Hall–Kier alpha value is -2.98. The van der Waals surface area contributed by atoms with Gasteiger partial charge < -0.3 is 9.47 Å². The Bertz CT molecular complexity index is 834. The third-order valence-corrected chi connectivity index (χ3v) is 3.69. The largest absolute Gasteiger partial charge is 0.573 e. The van der Waals surface area contributed by atoms with Gasteiger partial charge in [0.15, 0.2) is 5.75 Å². The molecule has 0 radical (unpaired) electrons. The number of hydrogen-bond donors (Lipinski definition) is 0. The summed E-state index contributed by atoms with van der Waals surface area (Å²) >= 11 is 0. The van der Waals surface area contributed by atoms with Crippen molar-refractivity contribution < 1.29 is 40.7 Å². The number of nitrogens with zero attached hydrogens (tertiary/aromatic N) is 1. The maximum Gasteiger partial charge on any atom is 0.573 e. The molecule has 0 saturated heterocycles. The predicted octanol–water partition coefficient (Wildman–Crippen LogP) is 6.27. The van der Waals surface area contributed by atoms with Crippen LogP contribution in [0.3, 0.4) is 0 Å². The van der Waals surface area contributed by atoms with E-state index in [2.05, 4.69) is 4.74 Å². The Morgan fingerprint density at radius 3 is 2.07 bits per heavy atom. The van der Waals surface area contributed by atoms with Crippen molar-refractivity contribution in [3.8, 4) is 22.6 Å². The van der Waals surface area contributed by atoms with E-state index in [9.17, 15) is 36.5 Å². The standard InChI is InChI=1S/C18H15F6NO4/c19-17(20,21)9-1-2-10-28-16-8-5-13(11-15(16)25(26)27)12-3-6-14(7-4-12)29-18(22,23)24/h3-8,11H,1-2,9-10H2. The fraction of sp³-hybridized carbons (Fsp3) is 0.333. The fourth-order valence-electron chi connectivity index (χ4n) is 2.42. The van der Waals surface area contributed by atoms with E-state index in [1.54, 1.807) is 0 Å². The molecule has 0 saturated carbocycles. The second kappa shape index (κ2) is 9.01. The molecule has 2 rings (SSSR count). The maximum atomic E-state index is 12.2. The topological polar surface area (TPSA) is 61.6 Å². The molecule has 0 N–H and O–H groups in total. The summed E-state index contributed by atoms with van der Waals surface area (Å²) in [6, 6.07) is 8.66. The van der Waals surface area contributed by atoms with Crippen LogP contribution in [-0.4, -0.2) is 24.1 Å². The van der Waals surface area contributed by atoms with Gasteiger partial charge in [-0.15, -0.1) is 13.2 Å². The van der Waals surface area contributed by atoms with E-state index in [4.69, 9.17) is 4.74 Å². The van der Waals surface area contributed by atoms with E-state index in [1.165, 1.54) is 30.3 Å². The number of nitro groups is 1. The molecular weight excluding hydrogens is 408 g/mol. The molecule has 0 aromatic heterocycles. The molecule has 2 aromatic rings. The van der Waals surface area contributed by atoms with Gasteiger partial charge >= 0.3 is 18.2 Å². The van der Waals surface area contributed by atoms with Crippen molar-refractivity contribution in [2.45, 2.75) is 31.8 Å². The van der Waals surface area contributed by atoms with Crippen molar-refractivity contribution in [3.05, 3.63) is 52.6 Å². The van der Waals surface area contributed by atoms with Crippen molar-refractivity contribution >= 4 is 5.69 Å². The zero-order chi connectivity index (χ0) is 21.7. The van der Waals surface area contributed by atoms with E-state index in [0.717, 1.165) is 12.1 Å². The monoisotopic (exact) mass is 423 g/mol. The lowest BCUT2D eigenvalue weighted by atomic mass is 10.0. The minimum absolute atomic E-state index is 0.0685. The van der Waals surface area contributed by atoms with Gasteiger partial charge in [-0.25, -0.2) is 0 Å². The number of benzene rings is 2. The third-order valence-electron chi connectivity index (χ3n) is 3.69. The molecule has 0 atom stereocenters. The second-order valence-electron chi connectivity index (χ2n) is 5.93. The van der Waals surface area contributed by atoms with Gasteiger partial charge in [0, 0.05) is 12.5 Å². The number of unbranched alkanes of at least 4 members (excludes halogenated alkanes) is 1. The molecule has 29 heavy (non-hydrogen) atoms. The number of rotatable bonds is 8. The first-order valence-electron chi connectivity index (χ1n) is 8.29. The molecule has 0 aliphatic rings. The number of nitro benzene ring substituents is 1. The van der Waals surface area contributed by atoms with Gasteiger partial charge in [0.2, 0.25) is 0 Å². The smallest absolute Gasteiger partial charge is 0.487 e. The van der Waals surface area contributed by atoms with Crippen LogP contribution in [0.2, 0.25) is 0 Å². The summed E-state index contributed by atoms with van der Waals surface area (Å²) in [6.45, 7) is -0.125. The Morgan fingerprint density at radius 2 is 1.52 bits per heavy atom. The van der Waals surface area contributed by atoms with Gasteiger partial charge in [0.05, 0.1) is 11.5 Å². The van der Waals surface area contributed by atoms with Crippen LogP contribution in [0, 0.1) is 10.1 Å². The first kappa shape index (κ1) is 22.3. The van der Waals surface area contributed by atoms with E-state index < -0.39 is 35.3 Å². The fourth-order valence-corrected chi connectivity index (χ4v) is 2.42. The van der Waals surface area contributed by atoms with Crippen molar-refractivity contribution in [1.29, 1.82) is 0 Å². The number of ether oxygens (including phenoxy) is 2. The summed E-state index contributed by atoms with van der Waals surface area (Å²) < 4.78 is 81.8. The normalized spacial score (nSPS) is 11.9. The maximum absolute atomic E-state index is 12.2. The molecule has 0 fully saturated rings. The van der Waals surface area contributed by atoms with Gasteiger partial charge in [-0.1, -0.05) is 18.2 Å². The first-order chi connectivity index (χ1) is 13.4. The van der Waals surface area contributed by atoms with Gasteiger partial charge in [0.25, 0.3) is 0 Å². The Labute approximate surface area is 161 Å². The molecule has 0 aliphatic heterocycles. The highest BCUT2D eigenvalue weighted by atomic mass is 19.4. The summed E-state index contributed by atoms with van der Waals surface area (Å²) in [5.74, 6) is -0.544. The second-order valence-corrected chi connectivity index (χ2v) is 5.93. The zero-order valence-electron chi connectivity index (χ0n) is 14.7. The highest BCUT2D eigenvalue weighted by molar-refractivity contribution is 5.69. The lowest BCUT2D eigenvalue weighted by Crippen LogP contribution is -2.16. The summed E-state index contributed by atoms with van der Waals surface area (Å²) in [5, 5.41) is 11.3. The number of halogens is 6. The number of hydrogen-bond acceptors (Lipinski definition) is 4. The molecule has 5 nitrogen and oxygen atoms in total. The van der Waals surface area contributed by atoms with Crippen molar-refractivity contribution in [1.82, 2.24) is 0 Å². The summed E-state index contributed by atoms with van der Waals surface area (Å²) in [4.78, 5) is 10.6. The van der Waals surface area contributed by atoms with Crippen LogP contribution < -0.4 is 9.47 Å². The quantitative estimate of drug-likeness (QED) is 0.217. The van der Waals surface area contributed by atoms with Gasteiger partial charge in [-0.3, -0.25) is 10.1 Å². The Morgan fingerprint density at radius 1 is 0.897 bits per heavy atom. The summed E-state index contributed by atoms with van der Waals surface area (Å²) in [7, 11) is 0. The SMILES string of the molecule is O=[N+]([O-])c1cc(-c2ccc(OC(F)(F)F)cc2)ccc1OCCCCC(F)(F)F. The lowest BCUT2D eigenvalue weighted by molar-refractivity contribution is -0.385. The molecular formula is C18H15F6NO4. The minimum atomic E-state index is -4.83. The van der Waals surface area contributed by atoms with Gasteiger partial charge in [0.1, 0.15) is 5.75 Å². The van der Waals surface area contributed by atoms with Crippen LogP contribution in [0.1, 0.15) is 19.3 Å². The number of alkyl halides is 6. The Balaban J connectivity index is 2.08. The van der Waals surface area contributed by atoms with Crippen molar-refractivity contribution in [2.24, 2.45) is 0 Å². The highest BCUT2D eigenvalue weighted by Crippen LogP contribution is 2.34. The molecule has 0 aliphatic carbocycles. The lowest BCUT2D eigenvalue weighted by Gasteiger charge is -2.11. The van der Waals surface area contributed by atoms with E-state index in [-0.39, 0.29) is 25.2 Å². The summed E-state index contributed by atoms with van der Waals surface area (Å²) in [5.41, 5.74) is 0.341. The minimum Gasteiger partial charge on any atom is -0.487 e. The predicted molar refractivity (Wildman–Crippen MR) is 90.6 cm³/mol. The zero-order valence-corrected chi connectivity index (χ0v) is 14.7. The molecule has 2 aromatic carbocycles. The molecule has 0 spiro atoms. The third kappa shape index (κ3) is 7.51. The van der Waals surface area contributed by atoms with Gasteiger partial charge in [-0.2, -0.15) is 13.2 Å². The van der Waals surface area contributed by atoms with Crippen LogP contribution in [-0.2, 0) is 0 Å². The van der Waals surface area contributed by atoms with E-state index in [0.29, 0.717) is 11.1 Å². The summed E-state index contributed by atoms with van der Waals surface area (Å²) in [6.07, 6.45) is -10.2. The van der Waals surface area contributed by atoms with Crippen LogP contribution in [0.25, 0.3) is 11.1 Å². The van der Waals surface area contributed by atoms with Crippen molar-refractivity contribution in [2.75, 3.05) is 6.61 Å². The molecule has 0 amide bonds. The molecule has 158 valence electrons. The molecule has 0 bridgehead atoms. The van der Waals surface area contributed by atoms with Gasteiger partial charge in [-0.05, 0) is 42.2 Å². The van der Waals surface area contributed by atoms with Crippen LogP contribution >= 0.6 is 0 Å². The van der Waals surface area contributed by atoms with Crippen LogP contribution in [0.4, 0.5) is 32.0 Å². The molecule has 0 unspecified atom stereocenters. The Kier molecular flexibility index (Phi) is 6.93. The molecule has 11 heteroatoms. The van der Waals surface area contributed by atoms with Crippen LogP contribution in [0.5, 0.6) is 11.5 Å². The van der Waals surface area contributed by atoms with E-state index in [1.807, 2.05) is 0 Å². The van der Waals surface area contributed by atoms with Crippen molar-refractivity contribution in [3.63, 3.8) is 0 Å². The van der Waals surface area contributed by atoms with Crippen LogP contribution in [0.15, 0.2) is 42.5 Å². The average molecular weight is 423 g/mol. The highest BCUT2D eigenvalue weighted by Gasteiger charge is 2.31.